The third kappa shape index (κ3) is 4.39. The minimum absolute atomic E-state index is 0.157. The van der Waals surface area contributed by atoms with Gasteiger partial charge in [-0.1, -0.05) is 12.1 Å². The van der Waals surface area contributed by atoms with E-state index in [2.05, 4.69) is 15.6 Å². The van der Waals surface area contributed by atoms with Gasteiger partial charge in [-0.25, -0.2) is 4.98 Å². The van der Waals surface area contributed by atoms with Gasteiger partial charge >= 0.3 is 0 Å². The summed E-state index contributed by atoms with van der Waals surface area (Å²) in [5, 5.41) is 7.50. The Morgan fingerprint density at radius 2 is 2.14 bits per heavy atom. The lowest BCUT2D eigenvalue weighted by molar-refractivity contribution is -0.120. The number of carbonyl (C=O) groups is 2. The molecule has 1 atom stereocenters. The Labute approximate surface area is 127 Å². The first-order chi connectivity index (χ1) is 10.1. The zero-order valence-electron chi connectivity index (χ0n) is 11.9. The number of rotatable bonds is 5. The SMILES string of the molecule is CC(=O)N[C@H](CC(=O)Nc1ncccc1C)c1cccs1. The highest BCUT2D eigenvalue weighted by molar-refractivity contribution is 7.10. The van der Waals surface area contributed by atoms with Gasteiger partial charge in [0.05, 0.1) is 12.5 Å². The van der Waals surface area contributed by atoms with Gasteiger partial charge in [-0.15, -0.1) is 11.3 Å². The van der Waals surface area contributed by atoms with Crippen LogP contribution in [0.2, 0.25) is 0 Å². The molecule has 5 nitrogen and oxygen atoms in total. The average Bonchev–Trinajstić information content (AvgIpc) is 2.94. The lowest BCUT2D eigenvalue weighted by Crippen LogP contribution is -2.29. The molecule has 2 heterocycles. The molecule has 0 saturated heterocycles. The maximum absolute atomic E-state index is 12.2. The van der Waals surface area contributed by atoms with Crippen LogP contribution in [0.4, 0.5) is 5.82 Å². The smallest absolute Gasteiger partial charge is 0.227 e. The molecule has 2 rings (SSSR count). The van der Waals surface area contributed by atoms with E-state index in [1.165, 1.54) is 18.3 Å². The first-order valence-corrected chi connectivity index (χ1v) is 7.46. The van der Waals surface area contributed by atoms with E-state index in [4.69, 9.17) is 0 Å². The molecule has 0 radical (unpaired) electrons. The van der Waals surface area contributed by atoms with Crippen molar-refractivity contribution >= 4 is 29.0 Å². The second-order valence-electron chi connectivity index (χ2n) is 4.69. The summed E-state index contributed by atoms with van der Waals surface area (Å²) in [7, 11) is 0. The third-order valence-electron chi connectivity index (χ3n) is 2.92. The highest BCUT2D eigenvalue weighted by Crippen LogP contribution is 2.22. The fourth-order valence-electron chi connectivity index (χ4n) is 1.94. The van der Waals surface area contributed by atoms with Gasteiger partial charge in [0.15, 0.2) is 0 Å². The molecule has 2 amide bonds. The molecule has 21 heavy (non-hydrogen) atoms. The molecule has 110 valence electrons. The predicted octanol–water partition coefficient (Wildman–Crippen LogP) is 2.66. The topological polar surface area (TPSA) is 71.1 Å². The van der Waals surface area contributed by atoms with Crippen LogP contribution in [-0.2, 0) is 9.59 Å². The van der Waals surface area contributed by atoms with E-state index in [0.717, 1.165) is 10.4 Å². The normalized spacial score (nSPS) is 11.7. The fraction of sp³-hybridized carbons (Fsp3) is 0.267. The fourth-order valence-corrected chi connectivity index (χ4v) is 2.72. The van der Waals surface area contributed by atoms with Crippen LogP contribution < -0.4 is 10.6 Å². The van der Waals surface area contributed by atoms with Gasteiger partial charge < -0.3 is 10.6 Å². The molecule has 0 aliphatic carbocycles. The second-order valence-corrected chi connectivity index (χ2v) is 5.67. The number of thiophene rings is 1. The van der Waals surface area contributed by atoms with Crippen molar-refractivity contribution in [2.45, 2.75) is 26.3 Å². The van der Waals surface area contributed by atoms with Gasteiger partial charge in [0.1, 0.15) is 5.82 Å². The van der Waals surface area contributed by atoms with E-state index in [9.17, 15) is 9.59 Å². The average molecular weight is 303 g/mol. The van der Waals surface area contributed by atoms with Crippen LogP contribution in [0.15, 0.2) is 35.8 Å². The van der Waals surface area contributed by atoms with Gasteiger partial charge in [-0.3, -0.25) is 9.59 Å². The minimum Gasteiger partial charge on any atom is -0.348 e. The number of carbonyl (C=O) groups excluding carboxylic acids is 2. The largest absolute Gasteiger partial charge is 0.348 e. The molecule has 0 spiro atoms. The summed E-state index contributed by atoms with van der Waals surface area (Å²) < 4.78 is 0. The summed E-state index contributed by atoms with van der Waals surface area (Å²) in [6.07, 6.45) is 1.81. The monoisotopic (exact) mass is 303 g/mol. The molecule has 2 N–H and O–H groups in total. The van der Waals surface area contributed by atoms with Crippen molar-refractivity contribution in [3.63, 3.8) is 0 Å². The van der Waals surface area contributed by atoms with Gasteiger partial charge in [0.2, 0.25) is 11.8 Å². The minimum atomic E-state index is -0.313. The molecule has 0 bridgehead atoms. The zero-order valence-corrected chi connectivity index (χ0v) is 12.7. The number of nitrogens with one attached hydrogen (secondary N) is 2. The number of amides is 2. The Bertz CT molecular complexity index is 626. The van der Waals surface area contributed by atoms with Gasteiger partial charge in [-0.2, -0.15) is 0 Å². The maximum Gasteiger partial charge on any atom is 0.227 e. The molecule has 0 fully saturated rings. The number of hydrogen-bond donors (Lipinski definition) is 2. The van der Waals surface area contributed by atoms with Crippen molar-refractivity contribution < 1.29 is 9.59 Å². The van der Waals surface area contributed by atoms with Crippen LogP contribution in [0.25, 0.3) is 0 Å². The first-order valence-electron chi connectivity index (χ1n) is 6.58. The molecular formula is C15H17N3O2S. The van der Waals surface area contributed by atoms with Crippen LogP contribution >= 0.6 is 11.3 Å². The van der Waals surface area contributed by atoms with Crippen molar-refractivity contribution in [3.05, 3.63) is 46.3 Å². The molecule has 2 aromatic heterocycles. The third-order valence-corrected chi connectivity index (χ3v) is 3.91. The summed E-state index contributed by atoms with van der Waals surface area (Å²) >= 11 is 1.51. The van der Waals surface area contributed by atoms with Crippen LogP contribution in [0, 0.1) is 6.92 Å². The van der Waals surface area contributed by atoms with E-state index in [1.54, 1.807) is 6.20 Å². The van der Waals surface area contributed by atoms with Crippen molar-refractivity contribution in [2.24, 2.45) is 0 Å². The van der Waals surface area contributed by atoms with Gasteiger partial charge in [-0.05, 0) is 30.0 Å². The number of pyridine rings is 1. The molecule has 0 saturated carbocycles. The van der Waals surface area contributed by atoms with E-state index >= 15 is 0 Å². The Morgan fingerprint density at radius 1 is 1.33 bits per heavy atom. The van der Waals surface area contributed by atoms with E-state index in [1.807, 2.05) is 36.6 Å². The molecular weight excluding hydrogens is 286 g/mol. The zero-order chi connectivity index (χ0) is 15.2. The molecule has 0 aromatic carbocycles. The molecule has 2 aromatic rings. The first kappa shape index (κ1) is 15.2. The van der Waals surface area contributed by atoms with Crippen LogP contribution in [-0.4, -0.2) is 16.8 Å². The van der Waals surface area contributed by atoms with Gasteiger partial charge in [0, 0.05) is 18.0 Å². The van der Waals surface area contributed by atoms with E-state index in [-0.39, 0.29) is 24.3 Å². The van der Waals surface area contributed by atoms with Crippen molar-refractivity contribution in [1.82, 2.24) is 10.3 Å². The van der Waals surface area contributed by atoms with E-state index < -0.39 is 0 Å². The van der Waals surface area contributed by atoms with Gasteiger partial charge in [0.25, 0.3) is 0 Å². The summed E-state index contributed by atoms with van der Waals surface area (Å²) in [6, 6.07) is 7.19. The Hall–Kier alpha value is -2.21. The molecule has 6 heteroatoms. The number of hydrogen-bond acceptors (Lipinski definition) is 4. The summed E-state index contributed by atoms with van der Waals surface area (Å²) in [5.74, 6) is 0.217. The number of nitrogens with zero attached hydrogens (tertiary/aromatic N) is 1. The second kappa shape index (κ2) is 6.99. The summed E-state index contributed by atoms with van der Waals surface area (Å²) in [6.45, 7) is 3.33. The van der Waals surface area contributed by atoms with Crippen LogP contribution in [0.3, 0.4) is 0 Å². The number of anilines is 1. The quantitative estimate of drug-likeness (QED) is 0.892. The van der Waals surface area contributed by atoms with Crippen LogP contribution in [0.5, 0.6) is 0 Å². The molecule has 0 aliphatic heterocycles. The predicted molar refractivity (Wildman–Crippen MR) is 83.1 cm³/mol. The molecule has 0 unspecified atom stereocenters. The highest BCUT2D eigenvalue weighted by Gasteiger charge is 2.18. The highest BCUT2D eigenvalue weighted by atomic mass is 32.1. The molecule has 0 aliphatic rings. The number of aromatic nitrogens is 1. The Kier molecular flexibility index (Phi) is 5.05. The Balaban J connectivity index is 2.05. The van der Waals surface area contributed by atoms with Crippen molar-refractivity contribution in [1.29, 1.82) is 0 Å². The lowest BCUT2D eigenvalue weighted by atomic mass is 10.1. The maximum atomic E-state index is 12.2. The number of aryl methyl sites for hydroxylation is 1. The van der Waals surface area contributed by atoms with E-state index in [0.29, 0.717) is 5.82 Å². The van der Waals surface area contributed by atoms with Crippen LogP contribution in [0.1, 0.15) is 29.8 Å². The summed E-state index contributed by atoms with van der Waals surface area (Å²) in [5.41, 5.74) is 0.901. The standard InChI is InChI=1S/C15H17N3O2S/c1-10-5-3-7-16-15(10)18-14(20)9-12(17-11(2)19)13-6-4-8-21-13/h3-8,12H,9H2,1-2H3,(H,17,19)(H,16,18,20)/t12-/m1/s1. The Morgan fingerprint density at radius 3 is 2.76 bits per heavy atom. The summed E-state index contributed by atoms with van der Waals surface area (Å²) in [4.78, 5) is 28.5. The van der Waals surface area contributed by atoms with Crippen molar-refractivity contribution in [2.75, 3.05) is 5.32 Å². The lowest BCUT2D eigenvalue weighted by Gasteiger charge is -2.16. The van der Waals surface area contributed by atoms with Crippen molar-refractivity contribution in [3.8, 4) is 0 Å².